The van der Waals surface area contributed by atoms with Crippen molar-refractivity contribution in [2.45, 2.75) is 32.0 Å². The van der Waals surface area contributed by atoms with Gasteiger partial charge in [0.2, 0.25) is 0 Å². The molecule has 0 fully saturated rings. The summed E-state index contributed by atoms with van der Waals surface area (Å²) in [5, 5.41) is 0. The van der Waals surface area contributed by atoms with Gasteiger partial charge in [-0.05, 0) is 19.9 Å². The monoisotopic (exact) mass is 309 g/mol. The van der Waals surface area contributed by atoms with Crippen LogP contribution in [0.5, 0.6) is 5.75 Å². The molecule has 0 spiro atoms. The quantitative estimate of drug-likeness (QED) is 0.741. The van der Waals surface area contributed by atoms with Crippen molar-refractivity contribution in [2.24, 2.45) is 0 Å². The maximum atomic E-state index is 12.7. The lowest BCUT2D eigenvalue weighted by molar-refractivity contribution is -0.137. The number of alkyl halides is 3. The van der Waals surface area contributed by atoms with Crippen LogP contribution in [-0.4, -0.2) is 5.60 Å². The van der Waals surface area contributed by atoms with E-state index in [4.69, 9.17) is 10.5 Å². The molecule has 0 radical (unpaired) electrons. The van der Waals surface area contributed by atoms with Crippen LogP contribution in [0.1, 0.15) is 25.0 Å². The van der Waals surface area contributed by atoms with Gasteiger partial charge in [-0.3, -0.25) is 0 Å². The summed E-state index contributed by atoms with van der Waals surface area (Å²) in [6, 6.07) is 1.01. The molecule has 0 saturated heterocycles. The molecular weight excluding hydrogens is 299 g/mol. The first-order valence-corrected chi connectivity index (χ1v) is 5.78. The van der Waals surface area contributed by atoms with Gasteiger partial charge in [0.25, 0.3) is 0 Å². The molecule has 0 bridgehead atoms. The first kappa shape index (κ1) is 12.5. The van der Waals surface area contributed by atoms with Crippen LogP contribution in [0.25, 0.3) is 0 Å². The van der Waals surface area contributed by atoms with Crippen LogP contribution < -0.4 is 10.5 Å². The van der Waals surface area contributed by atoms with Crippen LogP contribution in [-0.2, 0) is 12.6 Å². The minimum Gasteiger partial charge on any atom is -0.485 e. The van der Waals surface area contributed by atoms with E-state index in [1.54, 1.807) is 0 Å². The maximum Gasteiger partial charge on any atom is 0.418 e. The van der Waals surface area contributed by atoms with E-state index in [1.165, 1.54) is 0 Å². The number of nitrogens with two attached hydrogens (primary N) is 1. The molecule has 1 aliphatic heterocycles. The minimum atomic E-state index is -4.47. The molecule has 2 N–H and O–H groups in total. The molecule has 1 aromatic carbocycles. The highest BCUT2D eigenvalue weighted by atomic mass is 79.9. The Morgan fingerprint density at radius 2 is 2.00 bits per heavy atom. The highest BCUT2D eigenvalue weighted by Crippen LogP contribution is 2.48. The third-order valence-electron chi connectivity index (χ3n) is 2.65. The number of fused-ring (bicyclic) bond motifs is 1. The summed E-state index contributed by atoms with van der Waals surface area (Å²) in [6.45, 7) is 3.62. The molecule has 0 aromatic heterocycles. The molecule has 17 heavy (non-hydrogen) atoms. The van der Waals surface area contributed by atoms with Crippen molar-refractivity contribution >= 4 is 21.6 Å². The Labute approximate surface area is 105 Å². The number of halogens is 4. The standard InChI is InChI=1S/C11H11BrF3NO/c1-10(2)4-5-7(12)3-6(11(13,14)15)8(16)9(5)17-10/h3H,4,16H2,1-2H3. The van der Waals surface area contributed by atoms with E-state index in [-0.39, 0.29) is 11.4 Å². The van der Waals surface area contributed by atoms with Gasteiger partial charge in [0, 0.05) is 16.5 Å². The van der Waals surface area contributed by atoms with Crippen molar-refractivity contribution < 1.29 is 17.9 Å². The molecule has 0 atom stereocenters. The summed E-state index contributed by atoms with van der Waals surface area (Å²) in [5.74, 6) is 0.150. The number of anilines is 1. The van der Waals surface area contributed by atoms with Gasteiger partial charge < -0.3 is 10.5 Å². The minimum absolute atomic E-state index is 0.150. The molecule has 0 amide bonds. The highest BCUT2D eigenvalue weighted by molar-refractivity contribution is 9.10. The molecule has 1 heterocycles. The Kier molecular flexibility index (Phi) is 2.61. The van der Waals surface area contributed by atoms with Crippen LogP contribution in [0.4, 0.5) is 18.9 Å². The van der Waals surface area contributed by atoms with E-state index in [2.05, 4.69) is 15.9 Å². The van der Waals surface area contributed by atoms with Gasteiger partial charge in [0.15, 0.2) is 0 Å². The van der Waals surface area contributed by atoms with Crippen molar-refractivity contribution in [3.63, 3.8) is 0 Å². The summed E-state index contributed by atoms with van der Waals surface area (Å²) >= 11 is 3.14. The third kappa shape index (κ3) is 2.10. The number of hydrogen-bond acceptors (Lipinski definition) is 2. The van der Waals surface area contributed by atoms with Crippen LogP contribution in [0.15, 0.2) is 10.5 Å². The van der Waals surface area contributed by atoms with Crippen molar-refractivity contribution in [3.05, 3.63) is 21.7 Å². The Morgan fingerprint density at radius 1 is 1.41 bits per heavy atom. The first-order chi connectivity index (χ1) is 7.62. The largest absolute Gasteiger partial charge is 0.485 e. The predicted octanol–water partition coefficient (Wildman–Crippen LogP) is 3.76. The molecule has 2 rings (SSSR count). The second-order valence-corrected chi connectivity index (χ2v) is 5.52. The van der Waals surface area contributed by atoms with E-state index in [0.29, 0.717) is 16.5 Å². The van der Waals surface area contributed by atoms with E-state index in [1.807, 2.05) is 13.8 Å². The Morgan fingerprint density at radius 3 is 2.53 bits per heavy atom. The zero-order valence-electron chi connectivity index (χ0n) is 9.28. The van der Waals surface area contributed by atoms with E-state index < -0.39 is 17.3 Å². The topological polar surface area (TPSA) is 35.2 Å². The smallest absolute Gasteiger partial charge is 0.418 e. The number of benzene rings is 1. The van der Waals surface area contributed by atoms with Gasteiger partial charge in [-0.25, -0.2) is 0 Å². The summed E-state index contributed by atoms with van der Waals surface area (Å²) in [6.07, 6.45) is -3.94. The molecule has 0 aliphatic carbocycles. The van der Waals surface area contributed by atoms with Crippen molar-refractivity contribution in [2.75, 3.05) is 5.73 Å². The van der Waals surface area contributed by atoms with Crippen LogP contribution in [0, 0.1) is 0 Å². The van der Waals surface area contributed by atoms with Crippen molar-refractivity contribution in [1.29, 1.82) is 0 Å². The average Bonchev–Trinajstić information content (AvgIpc) is 2.46. The van der Waals surface area contributed by atoms with Crippen molar-refractivity contribution in [1.82, 2.24) is 0 Å². The molecule has 1 aromatic rings. The van der Waals surface area contributed by atoms with Crippen LogP contribution >= 0.6 is 15.9 Å². The van der Waals surface area contributed by atoms with Gasteiger partial charge in [-0.15, -0.1) is 0 Å². The fraction of sp³-hybridized carbons (Fsp3) is 0.455. The van der Waals surface area contributed by atoms with Gasteiger partial charge in [-0.2, -0.15) is 13.2 Å². The molecule has 2 nitrogen and oxygen atoms in total. The van der Waals surface area contributed by atoms with E-state index >= 15 is 0 Å². The lowest BCUT2D eigenvalue weighted by atomic mass is 10.00. The second-order valence-electron chi connectivity index (χ2n) is 4.66. The maximum absolute atomic E-state index is 12.7. The molecular formula is C11H11BrF3NO. The summed E-state index contributed by atoms with van der Waals surface area (Å²) in [4.78, 5) is 0. The van der Waals surface area contributed by atoms with Gasteiger partial charge >= 0.3 is 6.18 Å². The highest BCUT2D eigenvalue weighted by Gasteiger charge is 2.40. The fourth-order valence-corrected chi connectivity index (χ4v) is 2.49. The zero-order chi connectivity index (χ0) is 13.0. The normalized spacial score (nSPS) is 17.8. The lowest BCUT2D eigenvalue weighted by Gasteiger charge is -2.18. The van der Waals surface area contributed by atoms with Crippen LogP contribution in [0.3, 0.4) is 0 Å². The molecule has 94 valence electrons. The number of ether oxygens (including phenoxy) is 1. The van der Waals surface area contributed by atoms with E-state index in [0.717, 1.165) is 6.07 Å². The summed E-state index contributed by atoms with van der Waals surface area (Å²) in [5.41, 5.74) is 4.52. The van der Waals surface area contributed by atoms with Gasteiger partial charge in [0.1, 0.15) is 11.4 Å². The van der Waals surface area contributed by atoms with Gasteiger partial charge in [0.05, 0.1) is 11.3 Å². The Bertz CT molecular complexity index is 483. The molecule has 6 heteroatoms. The van der Waals surface area contributed by atoms with Gasteiger partial charge in [-0.1, -0.05) is 15.9 Å². The second kappa shape index (κ2) is 3.54. The average molecular weight is 310 g/mol. The zero-order valence-corrected chi connectivity index (χ0v) is 10.9. The molecule has 0 saturated carbocycles. The predicted molar refractivity (Wildman–Crippen MR) is 62.0 cm³/mol. The SMILES string of the molecule is CC1(C)Cc2c(Br)cc(C(F)(F)F)c(N)c2O1. The fourth-order valence-electron chi connectivity index (χ4n) is 1.94. The van der Waals surface area contributed by atoms with E-state index in [9.17, 15) is 13.2 Å². The molecule has 0 unspecified atom stereocenters. The summed E-state index contributed by atoms with van der Waals surface area (Å²) in [7, 11) is 0. The molecule has 1 aliphatic rings. The first-order valence-electron chi connectivity index (χ1n) is 4.99. The number of hydrogen-bond donors (Lipinski definition) is 1. The van der Waals surface area contributed by atoms with Crippen LogP contribution in [0.2, 0.25) is 0 Å². The Hall–Kier alpha value is -0.910. The summed E-state index contributed by atoms with van der Waals surface area (Å²) < 4.78 is 44.1. The number of rotatable bonds is 0. The number of nitrogen functional groups attached to an aromatic ring is 1. The Balaban J connectivity index is 2.63. The third-order valence-corrected chi connectivity index (χ3v) is 3.36. The lowest BCUT2D eigenvalue weighted by Crippen LogP contribution is -2.25. The van der Waals surface area contributed by atoms with Crippen molar-refractivity contribution in [3.8, 4) is 5.75 Å².